The average Bonchev–Trinajstić information content (AvgIpc) is 2.52. The van der Waals surface area contributed by atoms with Crippen molar-refractivity contribution in [1.29, 1.82) is 0 Å². The van der Waals surface area contributed by atoms with Gasteiger partial charge in [-0.2, -0.15) is 0 Å². The van der Waals surface area contributed by atoms with Crippen LogP contribution in [0, 0.1) is 19.8 Å². The normalized spacial score (nSPS) is 18.1. The van der Waals surface area contributed by atoms with Crippen LogP contribution in [0.1, 0.15) is 34.3 Å². The van der Waals surface area contributed by atoms with E-state index < -0.39 is 0 Å². The van der Waals surface area contributed by atoms with Gasteiger partial charge in [-0.15, -0.1) is 0 Å². The topological polar surface area (TPSA) is 75.4 Å². The summed E-state index contributed by atoms with van der Waals surface area (Å²) in [6.07, 6.45) is 1.68. The Hall–Kier alpha value is -1.88. The minimum atomic E-state index is -0.130. The summed E-state index contributed by atoms with van der Waals surface area (Å²) in [5.74, 6) is -0.104. The lowest BCUT2D eigenvalue weighted by molar-refractivity contribution is -0.126. The van der Waals surface area contributed by atoms with Crippen LogP contribution in [0.4, 0.5) is 0 Å². The quantitative estimate of drug-likeness (QED) is 0.878. The van der Waals surface area contributed by atoms with Crippen molar-refractivity contribution in [2.45, 2.75) is 26.7 Å². The second-order valence-electron chi connectivity index (χ2n) is 5.99. The molecule has 0 aromatic heterocycles. The highest BCUT2D eigenvalue weighted by Gasteiger charge is 2.29. The van der Waals surface area contributed by atoms with Crippen molar-refractivity contribution < 1.29 is 9.59 Å². The maximum absolute atomic E-state index is 12.7. The van der Waals surface area contributed by atoms with Gasteiger partial charge < -0.3 is 16.0 Å². The first kappa shape index (κ1) is 16.5. The molecule has 1 unspecified atom stereocenters. The molecule has 1 heterocycles. The predicted molar refractivity (Wildman–Crippen MR) is 86.6 cm³/mol. The van der Waals surface area contributed by atoms with E-state index in [0.29, 0.717) is 26.2 Å². The van der Waals surface area contributed by atoms with Gasteiger partial charge in [-0.25, -0.2) is 0 Å². The summed E-state index contributed by atoms with van der Waals surface area (Å²) < 4.78 is 0. The minimum absolute atomic E-state index is 0.00331. The third-order valence-corrected chi connectivity index (χ3v) is 4.14. The highest BCUT2D eigenvalue weighted by molar-refractivity contribution is 5.96. The lowest BCUT2D eigenvalue weighted by Gasteiger charge is -2.32. The predicted octanol–water partition coefficient (Wildman–Crippen LogP) is 1.23. The Morgan fingerprint density at radius 3 is 2.82 bits per heavy atom. The molecule has 0 saturated carbocycles. The number of benzene rings is 1. The first-order valence-electron chi connectivity index (χ1n) is 7.87. The lowest BCUT2D eigenvalue weighted by Crippen LogP contribution is -2.46. The van der Waals surface area contributed by atoms with Crippen LogP contribution in [0.2, 0.25) is 0 Å². The van der Waals surface area contributed by atoms with Crippen LogP contribution in [0.3, 0.4) is 0 Å². The molecular formula is C17H25N3O2. The van der Waals surface area contributed by atoms with Crippen molar-refractivity contribution in [1.82, 2.24) is 10.2 Å². The van der Waals surface area contributed by atoms with Crippen LogP contribution >= 0.6 is 0 Å². The summed E-state index contributed by atoms with van der Waals surface area (Å²) in [5.41, 5.74) is 8.27. The Balaban J connectivity index is 2.05. The standard InChI is InChI=1S/C17H25N3O2/c1-12-5-6-15(13(2)10-12)17(22)20-9-3-4-14(11-20)16(21)19-8-7-18/h5-6,10,14H,3-4,7-9,11,18H2,1-2H3,(H,19,21). The van der Waals surface area contributed by atoms with Gasteiger partial charge in [0.2, 0.25) is 5.91 Å². The molecule has 0 aliphatic carbocycles. The van der Waals surface area contributed by atoms with Gasteiger partial charge in [0, 0.05) is 31.7 Å². The zero-order chi connectivity index (χ0) is 16.1. The molecular weight excluding hydrogens is 278 g/mol. The Labute approximate surface area is 131 Å². The molecule has 22 heavy (non-hydrogen) atoms. The van der Waals surface area contributed by atoms with E-state index in [1.165, 1.54) is 0 Å². The minimum Gasteiger partial charge on any atom is -0.355 e. The fourth-order valence-corrected chi connectivity index (χ4v) is 2.94. The molecule has 1 atom stereocenters. The number of aryl methyl sites for hydroxylation is 2. The number of carbonyl (C=O) groups excluding carboxylic acids is 2. The SMILES string of the molecule is Cc1ccc(C(=O)N2CCCC(C(=O)NCCN)C2)c(C)c1. The van der Waals surface area contributed by atoms with Crippen LogP contribution in [-0.2, 0) is 4.79 Å². The number of likely N-dealkylation sites (tertiary alicyclic amines) is 1. The molecule has 3 N–H and O–H groups in total. The van der Waals surface area contributed by atoms with Gasteiger partial charge in [-0.1, -0.05) is 17.7 Å². The summed E-state index contributed by atoms with van der Waals surface area (Å²) in [5, 5.41) is 2.82. The number of nitrogens with one attached hydrogen (secondary N) is 1. The number of amides is 2. The summed E-state index contributed by atoms with van der Waals surface area (Å²) in [4.78, 5) is 26.6. The average molecular weight is 303 g/mol. The summed E-state index contributed by atoms with van der Waals surface area (Å²) in [6, 6.07) is 5.85. The number of rotatable bonds is 4. The zero-order valence-corrected chi connectivity index (χ0v) is 13.4. The molecule has 120 valence electrons. The number of hydrogen-bond donors (Lipinski definition) is 2. The van der Waals surface area contributed by atoms with Gasteiger partial charge in [0.05, 0.1) is 5.92 Å². The molecule has 0 spiro atoms. The Bertz CT molecular complexity index is 557. The molecule has 1 aromatic rings. The van der Waals surface area contributed by atoms with E-state index in [2.05, 4.69) is 5.32 Å². The van der Waals surface area contributed by atoms with Gasteiger partial charge in [0.1, 0.15) is 0 Å². The van der Waals surface area contributed by atoms with Gasteiger partial charge in [-0.3, -0.25) is 9.59 Å². The van der Waals surface area contributed by atoms with Gasteiger partial charge >= 0.3 is 0 Å². The fraction of sp³-hybridized carbons (Fsp3) is 0.529. The number of nitrogens with two attached hydrogens (primary N) is 1. The van der Waals surface area contributed by atoms with E-state index in [-0.39, 0.29) is 17.7 Å². The Morgan fingerprint density at radius 1 is 1.36 bits per heavy atom. The van der Waals surface area contributed by atoms with Crippen molar-refractivity contribution in [2.75, 3.05) is 26.2 Å². The Kier molecular flexibility index (Phi) is 5.55. The molecule has 0 bridgehead atoms. The summed E-state index contributed by atoms with van der Waals surface area (Å²) in [6.45, 7) is 6.09. The van der Waals surface area contributed by atoms with Crippen molar-refractivity contribution in [2.24, 2.45) is 11.7 Å². The third-order valence-electron chi connectivity index (χ3n) is 4.14. The summed E-state index contributed by atoms with van der Waals surface area (Å²) >= 11 is 0. The molecule has 5 nitrogen and oxygen atoms in total. The van der Waals surface area contributed by atoms with Crippen molar-refractivity contribution in [3.8, 4) is 0 Å². The smallest absolute Gasteiger partial charge is 0.254 e. The number of carbonyl (C=O) groups is 2. The monoisotopic (exact) mass is 303 g/mol. The number of nitrogens with zero attached hydrogens (tertiary/aromatic N) is 1. The second kappa shape index (κ2) is 7.40. The fourth-order valence-electron chi connectivity index (χ4n) is 2.94. The second-order valence-corrected chi connectivity index (χ2v) is 5.99. The molecule has 1 fully saturated rings. The van der Waals surface area contributed by atoms with Crippen LogP contribution in [0.25, 0.3) is 0 Å². The van der Waals surface area contributed by atoms with Gasteiger partial charge in [-0.05, 0) is 38.3 Å². The maximum Gasteiger partial charge on any atom is 0.254 e. The summed E-state index contributed by atoms with van der Waals surface area (Å²) in [7, 11) is 0. The van der Waals surface area contributed by atoms with E-state index in [1.54, 1.807) is 4.90 Å². The van der Waals surface area contributed by atoms with E-state index >= 15 is 0 Å². The highest BCUT2D eigenvalue weighted by atomic mass is 16.2. The molecule has 1 aliphatic heterocycles. The first-order chi connectivity index (χ1) is 10.5. The molecule has 1 saturated heterocycles. The van der Waals surface area contributed by atoms with Crippen LogP contribution in [-0.4, -0.2) is 42.9 Å². The van der Waals surface area contributed by atoms with Crippen molar-refractivity contribution in [3.05, 3.63) is 34.9 Å². The lowest BCUT2D eigenvalue weighted by atomic mass is 9.95. The largest absolute Gasteiger partial charge is 0.355 e. The van der Waals surface area contributed by atoms with E-state index in [4.69, 9.17) is 5.73 Å². The highest BCUT2D eigenvalue weighted by Crippen LogP contribution is 2.20. The Morgan fingerprint density at radius 2 is 2.14 bits per heavy atom. The zero-order valence-electron chi connectivity index (χ0n) is 13.4. The molecule has 1 aliphatic rings. The number of piperidine rings is 1. The van der Waals surface area contributed by atoms with Crippen LogP contribution < -0.4 is 11.1 Å². The molecule has 2 amide bonds. The molecule has 2 rings (SSSR count). The first-order valence-corrected chi connectivity index (χ1v) is 7.87. The van der Waals surface area contributed by atoms with E-state index in [1.807, 2.05) is 32.0 Å². The van der Waals surface area contributed by atoms with Crippen LogP contribution in [0.5, 0.6) is 0 Å². The van der Waals surface area contributed by atoms with Gasteiger partial charge in [0.25, 0.3) is 5.91 Å². The van der Waals surface area contributed by atoms with E-state index in [9.17, 15) is 9.59 Å². The third kappa shape index (κ3) is 3.85. The molecule has 5 heteroatoms. The van der Waals surface area contributed by atoms with Crippen LogP contribution in [0.15, 0.2) is 18.2 Å². The number of hydrogen-bond acceptors (Lipinski definition) is 3. The van der Waals surface area contributed by atoms with Crippen molar-refractivity contribution >= 4 is 11.8 Å². The van der Waals surface area contributed by atoms with Gasteiger partial charge in [0.15, 0.2) is 0 Å². The maximum atomic E-state index is 12.7. The van der Waals surface area contributed by atoms with E-state index in [0.717, 1.165) is 29.5 Å². The molecule has 1 aromatic carbocycles. The van der Waals surface area contributed by atoms with Crippen molar-refractivity contribution in [3.63, 3.8) is 0 Å². The molecule has 0 radical (unpaired) electrons.